The minimum absolute atomic E-state index is 0.257. The fraction of sp³-hybridized carbons (Fsp3) is 0.167. The Morgan fingerprint density at radius 3 is 2.79 bits per heavy atom. The molecule has 1 amide bonds. The van der Waals surface area contributed by atoms with E-state index in [-0.39, 0.29) is 5.91 Å². The number of thiophene rings is 1. The second-order valence-electron chi connectivity index (χ2n) is 4.99. The first-order valence-electron chi connectivity index (χ1n) is 7.43. The van der Waals surface area contributed by atoms with Crippen molar-refractivity contribution in [2.24, 2.45) is 0 Å². The highest BCUT2D eigenvalue weighted by Crippen LogP contribution is 2.38. The number of amides is 1. The van der Waals surface area contributed by atoms with Gasteiger partial charge >= 0.3 is 0 Å². The first kappa shape index (κ1) is 16.6. The van der Waals surface area contributed by atoms with Gasteiger partial charge in [0.2, 0.25) is 0 Å². The van der Waals surface area contributed by atoms with Crippen molar-refractivity contribution in [3.05, 3.63) is 52.4 Å². The van der Waals surface area contributed by atoms with Crippen LogP contribution in [0.4, 0.5) is 5.69 Å². The predicted octanol–water partition coefficient (Wildman–Crippen LogP) is 5.21. The van der Waals surface area contributed by atoms with Crippen molar-refractivity contribution >= 4 is 44.6 Å². The third kappa shape index (κ3) is 3.18. The molecule has 4 nitrogen and oxygen atoms in total. The number of ether oxygens (including phenoxy) is 2. The summed E-state index contributed by atoms with van der Waals surface area (Å²) in [6, 6.07) is 12.9. The fourth-order valence-corrected chi connectivity index (χ4v) is 3.79. The van der Waals surface area contributed by atoms with Crippen molar-refractivity contribution in [2.45, 2.75) is 6.92 Å². The SMILES string of the molecule is CCOc1ccccc1NC(=O)c1sc2cc(OC)ccc2c1Cl. The maximum Gasteiger partial charge on any atom is 0.267 e. The number of halogens is 1. The summed E-state index contributed by atoms with van der Waals surface area (Å²) in [5.41, 5.74) is 0.621. The molecule has 3 rings (SSSR count). The van der Waals surface area contributed by atoms with Crippen molar-refractivity contribution in [1.29, 1.82) is 0 Å². The Bertz CT molecular complexity index is 891. The minimum Gasteiger partial charge on any atom is -0.497 e. The zero-order chi connectivity index (χ0) is 17.1. The van der Waals surface area contributed by atoms with Crippen LogP contribution in [-0.4, -0.2) is 19.6 Å². The Hall–Kier alpha value is -2.24. The Labute approximate surface area is 149 Å². The molecule has 0 aliphatic carbocycles. The van der Waals surface area contributed by atoms with Crippen molar-refractivity contribution in [1.82, 2.24) is 0 Å². The van der Waals surface area contributed by atoms with Gasteiger partial charge in [-0.2, -0.15) is 0 Å². The molecule has 3 aromatic rings. The van der Waals surface area contributed by atoms with E-state index in [2.05, 4.69) is 5.32 Å². The second kappa shape index (κ2) is 7.11. The highest BCUT2D eigenvalue weighted by atomic mass is 35.5. The van der Waals surface area contributed by atoms with Gasteiger partial charge in [-0.1, -0.05) is 23.7 Å². The van der Waals surface area contributed by atoms with Crippen LogP contribution in [-0.2, 0) is 0 Å². The fourth-order valence-electron chi connectivity index (χ4n) is 2.35. The summed E-state index contributed by atoms with van der Waals surface area (Å²) in [5, 5.41) is 4.16. The molecule has 0 fully saturated rings. The summed E-state index contributed by atoms with van der Waals surface area (Å²) >= 11 is 7.73. The Kier molecular flexibility index (Phi) is 4.92. The molecule has 0 saturated heterocycles. The predicted molar refractivity (Wildman–Crippen MR) is 99.0 cm³/mol. The standard InChI is InChI=1S/C18H16ClNO3S/c1-3-23-14-7-5-4-6-13(14)20-18(21)17-16(19)12-9-8-11(22-2)10-15(12)24-17/h4-10H,3H2,1-2H3,(H,20,21). The van der Waals surface area contributed by atoms with E-state index in [9.17, 15) is 4.79 Å². The van der Waals surface area contributed by atoms with Gasteiger partial charge in [-0.3, -0.25) is 4.79 Å². The monoisotopic (exact) mass is 361 g/mol. The van der Waals surface area contributed by atoms with Crippen LogP contribution in [0, 0.1) is 0 Å². The quantitative estimate of drug-likeness (QED) is 0.678. The van der Waals surface area contributed by atoms with Crippen LogP contribution in [0.2, 0.25) is 5.02 Å². The molecule has 24 heavy (non-hydrogen) atoms. The highest BCUT2D eigenvalue weighted by molar-refractivity contribution is 7.21. The number of anilines is 1. The van der Waals surface area contributed by atoms with Gasteiger partial charge in [0.25, 0.3) is 5.91 Å². The summed E-state index contributed by atoms with van der Waals surface area (Å²) in [7, 11) is 1.61. The first-order chi connectivity index (χ1) is 11.6. The largest absolute Gasteiger partial charge is 0.497 e. The summed E-state index contributed by atoms with van der Waals surface area (Å²) in [6.45, 7) is 2.42. The van der Waals surface area contributed by atoms with Gasteiger partial charge in [-0.25, -0.2) is 0 Å². The molecule has 124 valence electrons. The lowest BCUT2D eigenvalue weighted by Crippen LogP contribution is -2.11. The van der Waals surface area contributed by atoms with Crippen molar-refractivity contribution in [3.8, 4) is 11.5 Å². The zero-order valence-corrected chi connectivity index (χ0v) is 14.8. The molecule has 2 aromatic carbocycles. The topological polar surface area (TPSA) is 47.6 Å². The molecule has 1 aromatic heterocycles. The normalized spacial score (nSPS) is 10.6. The maximum absolute atomic E-state index is 12.6. The van der Waals surface area contributed by atoms with Crippen LogP contribution in [0.1, 0.15) is 16.6 Å². The molecule has 1 heterocycles. The molecule has 0 bridgehead atoms. The molecule has 0 atom stereocenters. The van der Waals surface area contributed by atoms with E-state index in [0.29, 0.717) is 27.9 Å². The molecule has 1 N–H and O–H groups in total. The molecule has 0 radical (unpaired) electrons. The van der Waals surface area contributed by atoms with Gasteiger partial charge in [0.05, 0.1) is 24.4 Å². The van der Waals surface area contributed by atoms with E-state index >= 15 is 0 Å². The Morgan fingerprint density at radius 2 is 2.04 bits per heavy atom. The van der Waals surface area contributed by atoms with E-state index in [1.165, 1.54) is 11.3 Å². The van der Waals surface area contributed by atoms with Gasteiger partial charge in [-0.15, -0.1) is 11.3 Å². The summed E-state index contributed by atoms with van der Waals surface area (Å²) in [5.74, 6) is 1.11. The van der Waals surface area contributed by atoms with Gasteiger partial charge < -0.3 is 14.8 Å². The third-order valence-corrected chi connectivity index (χ3v) is 5.13. The number of fused-ring (bicyclic) bond motifs is 1. The summed E-state index contributed by atoms with van der Waals surface area (Å²) in [4.78, 5) is 13.1. The lowest BCUT2D eigenvalue weighted by atomic mass is 10.2. The smallest absolute Gasteiger partial charge is 0.267 e. The van der Waals surface area contributed by atoms with Crippen molar-refractivity contribution in [2.75, 3.05) is 19.0 Å². The van der Waals surface area contributed by atoms with Crippen LogP contribution >= 0.6 is 22.9 Å². The van der Waals surface area contributed by atoms with E-state index in [1.54, 1.807) is 13.2 Å². The number of methoxy groups -OCH3 is 1. The number of para-hydroxylation sites is 2. The lowest BCUT2D eigenvalue weighted by molar-refractivity contribution is 0.103. The van der Waals surface area contributed by atoms with Gasteiger partial charge in [0.15, 0.2) is 0 Å². The third-order valence-electron chi connectivity index (χ3n) is 3.48. The number of benzene rings is 2. The van der Waals surface area contributed by atoms with Gasteiger partial charge in [-0.05, 0) is 37.3 Å². The molecule has 6 heteroatoms. The highest BCUT2D eigenvalue weighted by Gasteiger charge is 2.18. The van der Waals surface area contributed by atoms with Crippen molar-refractivity contribution < 1.29 is 14.3 Å². The lowest BCUT2D eigenvalue weighted by Gasteiger charge is -2.10. The van der Waals surface area contributed by atoms with Crippen LogP contribution in [0.3, 0.4) is 0 Å². The molecular formula is C18H16ClNO3S. The van der Waals surface area contributed by atoms with Gasteiger partial charge in [0, 0.05) is 10.1 Å². The Balaban J connectivity index is 1.93. The average molecular weight is 362 g/mol. The molecule has 0 saturated carbocycles. The van der Waals surface area contributed by atoms with Crippen LogP contribution in [0.25, 0.3) is 10.1 Å². The molecule has 0 aliphatic heterocycles. The second-order valence-corrected chi connectivity index (χ2v) is 6.42. The number of carbonyl (C=O) groups is 1. The number of hydrogen-bond donors (Lipinski definition) is 1. The molecule has 0 spiro atoms. The van der Waals surface area contributed by atoms with Crippen molar-refractivity contribution in [3.63, 3.8) is 0 Å². The average Bonchev–Trinajstić information content (AvgIpc) is 2.93. The van der Waals surface area contributed by atoms with E-state index in [0.717, 1.165) is 15.8 Å². The van der Waals surface area contributed by atoms with Crippen LogP contribution in [0.5, 0.6) is 11.5 Å². The number of hydrogen-bond acceptors (Lipinski definition) is 4. The number of carbonyl (C=O) groups excluding carboxylic acids is 1. The Morgan fingerprint density at radius 1 is 1.25 bits per heavy atom. The van der Waals surface area contributed by atoms with Gasteiger partial charge in [0.1, 0.15) is 16.4 Å². The summed E-state index contributed by atoms with van der Waals surface area (Å²) < 4.78 is 11.7. The number of nitrogens with one attached hydrogen (secondary N) is 1. The summed E-state index contributed by atoms with van der Waals surface area (Å²) in [6.07, 6.45) is 0. The van der Waals surface area contributed by atoms with Crippen LogP contribution < -0.4 is 14.8 Å². The van der Waals surface area contributed by atoms with Crippen LogP contribution in [0.15, 0.2) is 42.5 Å². The van der Waals surface area contributed by atoms with E-state index < -0.39 is 0 Å². The zero-order valence-electron chi connectivity index (χ0n) is 13.3. The minimum atomic E-state index is -0.257. The first-order valence-corrected chi connectivity index (χ1v) is 8.62. The number of rotatable bonds is 5. The van der Waals surface area contributed by atoms with E-state index in [4.69, 9.17) is 21.1 Å². The molecule has 0 aliphatic rings. The van der Waals surface area contributed by atoms with E-state index in [1.807, 2.05) is 43.3 Å². The molecule has 0 unspecified atom stereocenters. The maximum atomic E-state index is 12.6. The molecular weight excluding hydrogens is 346 g/mol.